The van der Waals surface area contributed by atoms with Crippen molar-refractivity contribution in [1.29, 1.82) is 0 Å². The zero-order valence-electron chi connectivity index (χ0n) is 12.8. The Labute approximate surface area is 125 Å². The van der Waals surface area contributed by atoms with Crippen LogP contribution in [0, 0.1) is 5.92 Å². The maximum atomic E-state index is 11.9. The highest BCUT2D eigenvalue weighted by Gasteiger charge is 2.17. The van der Waals surface area contributed by atoms with Crippen molar-refractivity contribution >= 4 is 16.9 Å². The third kappa shape index (κ3) is 4.33. The molecule has 0 aliphatic carbocycles. The van der Waals surface area contributed by atoms with Crippen molar-refractivity contribution in [3.05, 3.63) is 36.0 Å². The molecule has 0 bridgehead atoms. The van der Waals surface area contributed by atoms with E-state index in [0.717, 1.165) is 29.3 Å². The van der Waals surface area contributed by atoms with E-state index in [2.05, 4.69) is 18.8 Å². The zero-order valence-corrected chi connectivity index (χ0v) is 12.8. The fourth-order valence-corrected chi connectivity index (χ4v) is 2.39. The number of benzene rings is 1. The van der Waals surface area contributed by atoms with Crippen molar-refractivity contribution in [1.82, 2.24) is 4.98 Å². The highest BCUT2D eigenvalue weighted by molar-refractivity contribution is 5.84. The number of esters is 1. The predicted octanol–water partition coefficient (Wildman–Crippen LogP) is 3.02. The van der Waals surface area contributed by atoms with Gasteiger partial charge in [-0.1, -0.05) is 32.0 Å². The summed E-state index contributed by atoms with van der Waals surface area (Å²) in [6, 6.07) is 7.39. The first kappa shape index (κ1) is 15.6. The van der Waals surface area contributed by atoms with Gasteiger partial charge in [0.25, 0.3) is 0 Å². The fourth-order valence-electron chi connectivity index (χ4n) is 2.39. The fraction of sp³-hybridized carbons (Fsp3) is 0.471. The van der Waals surface area contributed by atoms with Gasteiger partial charge in [0.15, 0.2) is 0 Å². The largest absolute Gasteiger partial charge is 0.465 e. The zero-order chi connectivity index (χ0) is 15.2. The van der Waals surface area contributed by atoms with Crippen molar-refractivity contribution in [2.75, 3.05) is 6.61 Å². The molecule has 3 N–H and O–H groups in total. The number of para-hydroxylation sites is 1. The van der Waals surface area contributed by atoms with Gasteiger partial charge in [0, 0.05) is 23.5 Å². The van der Waals surface area contributed by atoms with Gasteiger partial charge in [0.05, 0.1) is 6.61 Å². The molecule has 2 rings (SSSR count). The maximum absolute atomic E-state index is 11.9. The molecule has 0 aliphatic rings. The number of fused-ring (bicyclic) bond motifs is 1. The first-order chi connectivity index (χ1) is 10.1. The molecule has 4 nitrogen and oxygen atoms in total. The maximum Gasteiger partial charge on any atom is 0.323 e. The van der Waals surface area contributed by atoms with Gasteiger partial charge >= 0.3 is 5.97 Å². The van der Waals surface area contributed by atoms with E-state index >= 15 is 0 Å². The summed E-state index contributed by atoms with van der Waals surface area (Å²) in [6.07, 6.45) is 4.36. The third-order valence-electron chi connectivity index (χ3n) is 3.59. The Balaban J connectivity index is 1.86. The minimum absolute atomic E-state index is 0.316. The number of ether oxygens (including phenoxy) is 1. The van der Waals surface area contributed by atoms with E-state index in [1.165, 1.54) is 0 Å². The van der Waals surface area contributed by atoms with E-state index < -0.39 is 6.04 Å². The standard InChI is InChI=1S/C17H24N2O2/c1-12(2)6-5-9-21-17(20)15(18)10-13-11-19-16-8-4-3-7-14(13)16/h3-4,7-8,11-12,15,19H,5-6,9-10,18H2,1-2H3. The summed E-state index contributed by atoms with van der Waals surface area (Å²) in [5.74, 6) is 0.313. The molecule has 0 radical (unpaired) electrons. The summed E-state index contributed by atoms with van der Waals surface area (Å²) in [5, 5.41) is 1.11. The second-order valence-corrected chi connectivity index (χ2v) is 5.87. The smallest absolute Gasteiger partial charge is 0.323 e. The highest BCUT2D eigenvalue weighted by atomic mass is 16.5. The number of aromatic nitrogens is 1. The monoisotopic (exact) mass is 288 g/mol. The van der Waals surface area contributed by atoms with E-state index in [9.17, 15) is 4.79 Å². The number of aromatic amines is 1. The summed E-state index contributed by atoms with van der Waals surface area (Å²) in [6.45, 7) is 4.77. The van der Waals surface area contributed by atoms with E-state index in [1.54, 1.807) is 0 Å². The van der Waals surface area contributed by atoms with E-state index in [0.29, 0.717) is 18.9 Å². The molecule has 0 aliphatic heterocycles. The lowest BCUT2D eigenvalue weighted by Crippen LogP contribution is -2.34. The van der Waals surface area contributed by atoms with Crippen molar-refractivity contribution < 1.29 is 9.53 Å². The number of carbonyl (C=O) groups is 1. The lowest BCUT2D eigenvalue weighted by molar-refractivity contribution is -0.145. The van der Waals surface area contributed by atoms with Gasteiger partial charge in [-0.25, -0.2) is 0 Å². The first-order valence-electron chi connectivity index (χ1n) is 7.55. The van der Waals surface area contributed by atoms with E-state index in [1.807, 2.05) is 30.5 Å². The number of rotatable bonds is 7. The van der Waals surface area contributed by atoms with Crippen molar-refractivity contribution in [2.45, 2.75) is 39.2 Å². The van der Waals surface area contributed by atoms with Crippen LogP contribution in [0.25, 0.3) is 10.9 Å². The average molecular weight is 288 g/mol. The SMILES string of the molecule is CC(C)CCCOC(=O)C(N)Cc1c[nH]c2ccccc12. The minimum Gasteiger partial charge on any atom is -0.465 e. The number of hydrogen-bond donors (Lipinski definition) is 2. The number of H-pyrrole nitrogens is 1. The molecule has 1 aromatic carbocycles. The quantitative estimate of drug-likeness (QED) is 0.608. The summed E-state index contributed by atoms with van der Waals surface area (Å²) in [4.78, 5) is 15.1. The molecule has 4 heteroatoms. The van der Waals surface area contributed by atoms with Crippen LogP contribution in [0.15, 0.2) is 30.5 Å². The molecule has 0 saturated heterocycles. The van der Waals surface area contributed by atoms with Gasteiger partial charge in [-0.3, -0.25) is 4.79 Å². The number of nitrogens with two attached hydrogens (primary N) is 1. The van der Waals surface area contributed by atoms with Gasteiger partial charge < -0.3 is 15.5 Å². The molecule has 1 unspecified atom stereocenters. The molecule has 1 heterocycles. The predicted molar refractivity (Wildman–Crippen MR) is 85.0 cm³/mol. The van der Waals surface area contributed by atoms with E-state index in [-0.39, 0.29) is 5.97 Å². The van der Waals surface area contributed by atoms with Crippen molar-refractivity contribution in [3.8, 4) is 0 Å². The van der Waals surface area contributed by atoms with Gasteiger partial charge in [-0.15, -0.1) is 0 Å². The van der Waals surface area contributed by atoms with Gasteiger partial charge in [0.1, 0.15) is 6.04 Å². The molecular formula is C17H24N2O2. The lowest BCUT2D eigenvalue weighted by Gasteiger charge is -2.11. The van der Waals surface area contributed by atoms with Gasteiger partial charge in [0.2, 0.25) is 0 Å². The summed E-state index contributed by atoms with van der Waals surface area (Å²) in [5.41, 5.74) is 8.07. The van der Waals surface area contributed by atoms with Crippen molar-refractivity contribution in [3.63, 3.8) is 0 Å². The van der Waals surface area contributed by atoms with Crippen LogP contribution in [0.3, 0.4) is 0 Å². The Morgan fingerprint density at radius 2 is 2.10 bits per heavy atom. The van der Waals surface area contributed by atoms with E-state index in [4.69, 9.17) is 10.5 Å². The van der Waals surface area contributed by atoms with Crippen LogP contribution in [0.4, 0.5) is 0 Å². The Bertz CT molecular complexity index is 589. The summed E-state index contributed by atoms with van der Waals surface area (Å²) in [7, 11) is 0. The first-order valence-corrected chi connectivity index (χ1v) is 7.55. The van der Waals surface area contributed by atoms with Crippen LogP contribution in [0.2, 0.25) is 0 Å². The van der Waals surface area contributed by atoms with Crippen molar-refractivity contribution in [2.24, 2.45) is 11.7 Å². The number of hydrogen-bond acceptors (Lipinski definition) is 3. The molecular weight excluding hydrogens is 264 g/mol. The van der Waals surface area contributed by atoms with Crippen LogP contribution < -0.4 is 5.73 Å². The second kappa shape index (κ2) is 7.27. The molecule has 2 aromatic rings. The molecule has 114 valence electrons. The van der Waals surface area contributed by atoms with Crippen LogP contribution >= 0.6 is 0 Å². The average Bonchev–Trinajstić information content (AvgIpc) is 2.86. The molecule has 1 aromatic heterocycles. The molecule has 0 fully saturated rings. The van der Waals surface area contributed by atoms with Crippen LogP contribution in [0.5, 0.6) is 0 Å². The highest BCUT2D eigenvalue weighted by Crippen LogP contribution is 2.19. The molecule has 0 saturated carbocycles. The Kier molecular flexibility index (Phi) is 5.39. The Morgan fingerprint density at radius 3 is 2.86 bits per heavy atom. The third-order valence-corrected chi connectivity index (χ3v) is 3.59. The van der Waals surface area contributed by atoms with Gasteiger partial charge in [-0.2, -0.15) is 0 Å². The Morgan fingerprint density at radius 1 is 1.33 bits per heavy atom. The molecule has 0 amide bonds. The molecule has 0 spiro atoms. The topological polar surface area (TPSA) is 68.1 Å². The van der Waals surface area contributed by atoms with Crippen LogP contribution in [-0.4, -0.2) is 23.6 Å². The van der Waals surface area contributed by atoms with Crippen LogP contribution in [-0.2, 0) is 16.0 Å². The lowest BCUT2D eigenvalue weighted by atomic mass is 10.1. The minimum atomic E-state index is -0.608. The molecule has 1 atom stereocenters. The normalized spacial score (nSPS) is 12.8. The number of nitrogens with one attached hydrogen (secondary N) is 1. The second-order valence-electron chi connectivity index (χ2n) is 5.87. The number of carbonyl (C=O) groups excluding carboxylic acids is 1. The summed E-state index contributed by atoms with van der Waals surface area (Å²) >= 11 is 0. The molecule has 21 heavy (non-hydrogen) atoms. The Hall–Kier alpha value is -1.81. The summed E-state index contributed by atoms with van der Waals surface area (Å²) < 4.78 is 5.24. The van der Waals surface area contributed by atoms with Gasteiger partial charge in [-0.05, 0) is 30.4 Å². The van der Waals surface area contributed by atoms with Crippen LogP contribution in [0.1, 0.15) is 32.3 Å².